The van der Waals surface area contributed by atoms with Gasteiger partial charge in [-0.25, -0.2) is 5.06 Å². The molecule has 1 aromatic rings. The maximum Gasteiger partial charge on any atom is 0.243 e. The molecule has 0 spiro atoms. The van der Waals surface area contributed by atoms with Crippen LogP contribution in [0.4, 0.5) is 16.0 Å². The highest BCUT2D eigenvalue weighted by atomic mass is 35.5. The zero-order valence-electron chi connectivity index (χ0n) is 21.5. The van der Waals surface area contributed by atoms with E-state index < -0.39 is 17.6 Å². The summed E-state index contributed by atoms with van der Waals surface area (Å²) in [6.07, 6.45) is 9.70. The van der Waals surface area contributed by atoms with Crippen molar-refractivity contribution in [2.45, 2.75) is 70.3 Å². The van der Waals surface area contributed by atoms with E-state index in [0.29, 0.717) is 36.0 Å². The van der Waals surface area contributed by atoms with E-state index in [4.69, 9.17) is 11.6 Å². The van der Waals surface area contributed by atoms with E-state index in [2.05, 4.69) is 46.7 Å². The summed E-state index contributed by atoms with van der Waals surface area (Å²) in [6.45, 7) is 3.52. The largest absolute Gasteiger partial charge is 0.354 e. The molecule has 12 heteroatoms. The Morgan fingerprint density at radius 2 is 1.89 bits per heavy atom. The number of hydrazine groups is 1. The highest BCUT2D eigenvalue weighted by molar-refractivity contribution is 6.28. The van der Waals surface area contributed by atoms with Crippen molar-refractivity contribution in [2.75, 3.05) is 44.1 Å². The fraction of sp³-hybridized carbons (Fsp3) is 0.750. The highest BCUT2D eigenvalue weighted by Crippen LogP contribution is 2.38. The molecule has 36 heavy (non-hydrogen) atoms. The van der Waals surface area contributed by atoms with Crippen LogP contribution in [-0.4, -0.2) is 76.7 Å². The first-order valence-corrected chi connectivity index (χ1v) is 13.1. The molecule has 10 nitrogen and oxygen atoms in total. The summed E-state index contributed by atoms with van der Waals surface area (Å²) in [5.74, 6) is -1.56. The minimum atomic E-state index is -0.694. The number of hydrogen-bond donors (Lipinski definition) is 3. The number of anilines is 2. The van der Waals surface area contributed by atoms with E-state index in [1.165, 1.54) is 12.8 Å². The minimum absolute atomic E-state index is 0.101. The number of hydroxylamine groups is 2. The maximum absolute atomic E-state index is 14.8. The predicted octanol–water partition coefficient (Wildman–Crippen LogP) is 3.46. The summed E-state index contributed by atoms with van der Waals surface area (Å²) < 4.78 is 14.8. The SMILES string of the molecule is CN(C)C1(C)CC1.O=CN(O)C[C@@H](CC1CCCC1)C(=O)NNc1nc(Cl)nc(N2CCCC2)c1F. The second-order valence-corrected chi connectivity index (χ2v) is 10.8. The van der Waals surface area contributed by atoms with Crippen LogP contribution in [0.5, 0.6) is 0 Å². The third-order valence-corrected chi connectivity index (χ3v) is 7.73. The lowest BCUT2D eigenvalue weighted by Gasteiger charge is -2.23. The molecule has 0 bridgehead atoms. The van der Waals surface area contributed by atoms with Crippen LogP contribution in [0.15, 0.2) is 0 Å². The van der Waals surface area contributed by atoms with Gasteiger partial charge < -0.3 is 9.80 Å². The van der Waals surface area contributed by atoms with E-state index >= 15 is 0 Å². The molecule has 2 heterocycles. The van der Waals surface area contributed by atoms with Gasteiger partial charge in [-0.1, -0.05) is 25.7 Å². The first-order valence-electron chi connectivity index (χ1n) is 12.7. The van der Waals surface area contributed by atoms with Crippen molar-refractivity contribution in [3.63, 3.8) is 0 Å². The molecule has 3 fully saturated rings. The molecule has 1 aliphatic heterocycles. The van der Waals surface area contributed by atoms with Gasteiger partial charge in [0.2, 0.25) is 23.4 Å². The Morgan fingerprint density at radius 3 is 2.42 bits per heavy atom. The van der Waals surface area contributed by atoms with Gasteiger partial charge >= 0.3 is 0 Å². The van der Waals surface area contributed by atoms with Crippen molar-refractivity contribution < 1.29 is 19.2 Å². The molecule has 0 unspecified atom stereocenters. The average Bonchev–Trinajstić information content (AvgIpc) is 3.24. The number of nitrogens with one attached hydrogen (secondary N) is 2. The lowest BCUT2D eigenvalue weighted by molar-refractivity contribution is -0.154. The topological polar surface area (TPSA) is 114 Å². The van der Waals surface area contributed by atoms with Gasteiger partial charge in [0.1, 0.15) is 0 Å². The molecule has 0 aromatic carbocycles. The standard InChI is InChI=1S/C18H26ClFN6O3.C6H13N/c19-18-21-15(14(20)16(22-18)25-7-3-4-8-25)23-24-17(28)13(10-26(29)11-27)9-12-5-1-2-6-12;1-6(4-5-6)7(2)3/h11-13,29H,1-10H2,(H,24,28)(H,21,22,23);4-5H2,1-3H3/t13-;/m1./s1. The van der Waals surface area contributed by atoms with E-state index in [-0.39, 0.29) is 29.9 Å². The Bertz CT molecular complexity index is 891. The molecule has 2 aliphatic carbocycles. The van der Waals surface area contributed by atoms with E-state index in [0.717, 1.165) is 38.5 Å². The molecule has 1 saturated heterocycles. The summed E-state index contributed by atoms with van der Waals surface area (Å²) >= 11 is 5.93. The molecule has 3 aliphatic rings. The van der Waals surface area contributed by atoms with Crippen LogP contribution in [0.1, 0.15) is 64.7 Å². The number of halogens is 2. The van der Waals surface area contributed by atoms with Gasteiger partial charge in [0.25, 0.3) is 0 Å². The number of aromatic nitrogens is 2. The normalized spacial score (nSPS) is 19.5. The summed E-state index contributed by atoms with van der Waals surface area (Å²) in [4.78, 5) is 35.3. The summed E-state index contributed by atoms with van der Waals surface area (Å²) in [5.41, 5.74) is 5.51. The zero-order valence-corrected chi connectivity index (χ0v) is 22.2. The number of amides is 2. The number of rotatable bonds is 10. The van der Waals surface area contributed by atoms with Gasteiger partial charge in [-0.15, -0.1) is 0 Å². The molecule has 1 aromatic heterocycles. The Balaban J connectivity index is 0.000000444. The number of nitrogens with zero attached hydrogens (tertiary/aromatic N) is 5. The highest BCUT2D eigenvalue weighted by Gasteiger charge is 2.39. The van der Waals surface area contributed by atoms with Crippen molar-refractivity contribution in [2.24, 2.45) is 11.8 Å². The van der Waals surface area contributed by atoms with Crippen LogP contribution in [0.25, 0.3) is 0 Å². The van der Waals surface area contributed by atoms with Crippen molar-refractivity contribution in [1.29, 1.82) is 0 Å². The Hall–Kier alpha value is -2.24. The van der Waals surface area contributed by atoms with Crippen molar-refractivity contribution in [3.05, 3.63) is 11.1 Å². The molecule has 0 radical (unpaired) electrons. The van der Waals surface area contributed by atoms with Crippen LogP contribution < -0.4 is 15.8 Å². The van der Waals surface area contributed by atoms with E-state index in [1.807, 2.05) is 0 Å². The predicted molar refractivity (Wildman–Crippen MR) is 136 cm³/mol. The van der Waals surface area contributed by atoms with Gasteiger partial charge in [0.05, 0.1) is 12.5 Å². The Kier molecular flexibility index (Phi) is 10.1. The van der Waals surface area contributed by atoms with Gasteiger partial charge in [-0.3, -0.25) is 25.6 Å². The average molecular weight is 528 g/mol. The van der Waals surface area contributed by atoms with E-state index in [9.17, 15) is 19.2 Å². The summed E-state index contributed by atoms with van der Waals surface area (Å²) in [6, 6.07) is 0. The number of hydrogen-bond acceptors (Lipinski definition) is 8. The van der Waals surface area contributed by atoms with Crippen LogP contribution >= 0.6 is 11.6 Å². The monoisotopic (exact) mass is 527 g/mol. The van der Waals surface area contributed by atoms with Crippen molar-refractivity contribution >= 4 is 35.6 Å². The summed E-state index contributed by atoms with van der Waals surface area (Å²) in [7, 11) is 4.29. The third kappa shape index (κ3) is 7.88. The Labute approximate surface area is 217 Å². The quantitative estimate of drug-likeness (QED) is 0.183. The third-order valence-electron chi connectivity index (χ3n) is 7.56. The molecule has 202 valence electrons. The van der Waals surface area contributed by atoms with Gasteiger partial charge in [0, 0.05) is 18.6 Å². The first kappa shape index (κ1) is 28.3. The lowest BCUT2D eigenvalue weighted by atomic mass is 9.92. The molecular formula is C24H39ClFN7O3. The van der Waals surface area contributed by atoms with Crippen molar-refractivity contribution in [1.82, 2.24) is 25.4 Å². The van der Waals surface area contributed by atoms with Gasteiger partial charge in [0.15, 0.2) is 11.6 Å². The molecule has 2 saturated carbocycles. The maximum atomic E-state index is 14.8. The summed E-state index contributed by atoms with van der Waals surface area (Å²) in [5, 5.41) is 9.86. The fourth-order valence-corrected chi connectivity index (χ4v) is 4.83. The number of carbonyl (C=O) groups excluding carboxylic acids is 2. The van der Waals surface area contributed by atoms with Crippen LogP contribution in [0.2, 0.25) is 5.28 Å². The Morgan fingerprint density at radius 1 is 1.25 bits per heavy atom. The molecular weight excluding hydrogens is 489 g/mol. The number of carbonyl (C=O) groups is 2. The van der Waals surface area contributed by atoms with Crippen LogP contribution in [0, 0.1) is 17.7 Å². The second kappa shape index (κ2) is 12.8. The lowest BCUT2D eigenvalue weighted by Crippen LogP contribution is -2.41. The molecule has 4 rings (SSSR count). The van der Waals surface area contributed by atoms with Gasteiger partial charge in [-0.05, 0) is 70.6 Å². The zero-order chi connectivity index (χ0) is 26.3. The fourth-order valence-electron chi connectivity index (χ4n) is 4.66. The van der Waals surface area contributed by atoms with E-state index in [1.54, 1.807) is 4.90 Å². The first-order chi connectivity index (χ1) is 17.1. The van der Waals surface area contributed by atoms with Crippen LogP contribution in [-0.2, 0) is 9.59 Å². The second-order valence-electron chi connectivity index (χ2n) is 10.5. The molecule has 3 N–H and O–H groups in total. The van der Waals surface area contributed by atoms with Crippen LogP contribution in [0.3, 0.4) is 0 Å². The molecule has 1 atom stereocenters. The smallest absolute Gasteiger partial charge is 0.243 e. The minimum Gasteiger partial charge on any atom is -0.354 e. The van der Waals surface area contributed by atoms with Crippen molar-refractivity contribution in [3.8, 4) is 0 Å². The molecule has 2 amide bonds. The van der Waals surface area contributed by atoms with Gasteiger partial charge in [-0.2, -0.15) is 14.4 Å².